The Labute approximate surface area is 149 Å². The number of anilines is 1. The largest absolute Gasteiger partial charge is 0.368 e. The molecule has 0 saturated carbocycles. The Balaban J connectivity index is 1.99. The van der Waals surface area contributed by atoms with Gasteiger partial charge in [-0.1, -0.05) is 24.3 Å². The number of nitro groups is 1. The van der Waals surface area contributed by atoms with Gasteiger partial charge in [0.2, 0.25) is 15.9 Å². The van der Waals surface area contributed by atoms with E-state index >= 15 is 0 Å². The van der Waals surface area contributed by atoms with E-state index < -0.39 is 20.9 Å². The summed E-state index contributed by atoms with van der Waals surface area (Å²) >= 11 is 0. The van der Waals surface area contributed by atoms with Crippen LogP contribution in [0, 0.1) is 10.1 Å². The van der Waals surface area contributed by atoms with Gasteiger partial charge in [-0.15, -0.1) is 0 Å². The maximum Gasteiger partial charge on any atom is 0.269 e. The Morgan fingerprint density at radius 2 is 1.92 bits per heavy atom. The van der Waals surface area contributed by atoms with Crippen LogP contribution in [0.2, 0.25) is 0 Å². The summed E-state index contributed by atoms with van der Waals surface area (Å²) in [6.45, 7) is -0.281. The van der Waals surface area contributed by atoms with Crippen LogP contribution in [0.1, 0.15) is 5.56 Å². The zero-order valence-corrected chi connectivity index (χ0v) is 14.4. The number of amides is 1. The molecule has 0 atom stereocenters. The number of primary amides is 1. The normalized spacial score (nSPS) is 16.1. The molecule has 10 heteroatoms. The molecule has 1 heterocycles. The van der Waals surface area contributed by atoms with Crippen molar-refractivity contribution in [2.75, 3.05) is 18.1 Å². The highest BCUT2D eigenvalue weighted by Crippen LogP contribution is 2.33. The van der Waals surface area contributed by atoms with Crippen LogP contribution in [0.3, 0.4) is 0 Å². The lowest BCUT2D eigenvalue weighted by Gasteiger charge is -2.37. The smallest absolute Gasteiger partial charge is 0.269 e. The average Bonchev–Trinajstić information content (AvgIpc) is 2.59. The van der Waals surface area contributed by atoms with Crippen molar-refractivity contribution in [3.05, 3.63) is 64.2 Å². The monoisotopic (exact) mass is 376 g/mol. The Kier molecular flexibility index (Phi) is 4.62. The number of carbonyl (C=O) groups is 1. The first-order chi connectivity index (χ1) is 12.3. The molecule has 0 fully saturated rings. The van der Waals surface area contributed by atoms with Crippen molar-refractivity contribution in [3.8, 4) is 0 Å². The summed E-state index contributed by atoms with van der Waals surface area (Å²) in [5.74, 6) is -0.589. The summed E-state index contributed by atoms with van der Waals surface area (Å²) in [4.78, 5) is 23.4. The minimum atomic E-state index is -3.81. The number of non-ortho nitro benzene ring substituents is 1. The number of rotatable bonds is 5. The van der Waals surface area contributed by atoms with Gasteiger partial charge in [0.25, 0.3) is 5.69 Å². The zero-order valence-electron chi connectivity index (χ0n) is 13.6. The van der Waals surface area contributed by atoms with Crippen LogP contribution in [-0.4, -0.2) is 36.8 Å². The molecule has 136 valence electrons. The zero-order chi connectivity index (χ0) is 18.9. The van der Waals surface area contributed by atoms with Crippen LogP contribution in [0.15, 0.2) is 53.4 Å². The van der Waals surface area contributed by atoms with E-state index in [1.54, 1.807) is 29.2 Å². The van der Waals surface area contributed by atoms with Gasteiger partial charge in [0.1, 0.15) is 4.90 Å². The van der Waals surface area contributed by atoms with Gasteiger partial charge >= 0.3 is 0 Å². The summed E-state index contributed by atoms with van der Waals surface area (Å²) < 4.78 is 27.0. The molecule has 0 aromatic heterocycles. The maximum atomic E-state index is 12.9. The number of nitro benzene ring substituents is 1. The fraction of sp³-hybridized carbons (Fsp3) is 0.188. The third kappa shape index (κ3) is 3.37. The molecule has 1 aliphatic heterocycles. The second-order valence-electron chi connectivity index (χ2n) is 5.82. The van der Waals surface area contributed by atoms with Gasteiger partial charge in [0.15, 0.2) is 0 Å². The van der Waals surface area contributed by atoms with E-state index in [2.05, 4.69) is 0 Å². The highest BCUT2D eigenvalue weighted by atomic mass is 32.2. The summed E-state index contributed by atoms with van der Waals surface area (Å²) in [5, 5.41) is 10.9. The lowest BCUT2D eigenvalue weighted by atomic mass is 10.2. The summed E-state index contributed by atoms with van der Waals surface area (Å²) in [6.07, 6.45) is 0. The molecular formula is C16H16N4O5S. The van der Waals surface area contributed by atoms with E-state index in [1.807, 2.05) is 0 Å². The summed E-state index contributed by atoms with van der Waals surface area (Å²) in [7, 11) is -3.81. The molecule has 2 aromatic carbocycles. The maximum absolute atomic E-state index is 12.9. The molecular weight excluding hydrogens is 360 g/mol. The van der Waals surface area contributed by atoms with Crippen molar-refractivity contribution in [3.63, 3.8) is 0 Å². The molecule has 3 rings (SSSR count). The minimum Gasteiger partial charge on any atom is -0.368 e. The molecule has 1 amide bonds. The quantitative estimate of drug-likeness (QED) is 0.614. The minimum absolute atomic E-state index is 0.0619. The third-order valence-corrected chi connectivity index (χ3v) is 5.80. The Hall–Kier alpha value is -2.98. The number of fused-ring (bicyclic) bond motifs is 1. The van der Waals surface area contributed by atoms with Crippen LogP contribution >= 0.6 is 0 Å². The van der Waals surface area contributed by atoms with E-state index in [0.29, 0.717) is 11.3 Å². The molecule has 0 saturated heterocycles. The number of para-hydroxylation sites is 1. The molecule has 0 aliphatic carbocycles. The van der Waals surface area contributed by atoms with Gasteiger partial charge in [-0.3, -0.25) is 14.9 Å². The standard InChI is InChI=1S/C16H16N4O5S/c17-16(21)10-18-11-19(9-12-4-3-5-13(8-12)20(22)23)26(24,25)15-7-2-1-6-14(15)18/h1-8H,9-11H2,(H2,17,21). The van der Waals surface area contributed by atoms with Crippen LogP contribution < -0.4 is 10.6 Å². The van der Waals surface area contributed by atoms with Crippen molar-refractivity contribution < 1.29 is 18.1 Å². The first-order valence-corrected chi connectivity index (χ1v) is 9.09. The topological polar surface area (TPSA) is 127 Å². The third-order valence-electron chi connectivity index (χ3n) is 3.98. The molecule has 1 aliphatic rings. The van der Waals surface area contributed by atoms with Crippen molar-refractivity contribution in [2.45, 2.75) is 11.4 Å². The predicted molar refractivity (Wildman–Crippen MR) is 93.7 cm³/mol. The lowest BCUT2D eigenvalue weighted by molar-refractivity contribution is -0.384. The molecule has 26 heavy (non-hydrogen) atoms. The highest BCUT2D eigenvalue weighted by Gasteiger charge is 2.35. The SMILES string of the molecule is NC(=O)CN1CN(Cc2cccc([N+](=O)[O-])c2)S(=O)(=O)c2ccccc21. The number of nitrogens with two attached hydrogens (primary N) is 1. The van der Waals surface area contributed by atoms with Gasteiger partial charge in [-0.25, -0.2) is 8.42 Å². The lowest BCUT2D eigenvalue weighted by Crippen LogP contribution is -2.48. The molecule has 0 spiro atoms. The van der Waals surface area contributed by atoms with E-state index in [4.69, 9.17) is 5.73 Å². The summed E-state index contributed by atoms with van der Waals surface area (Å²) in [5.41, 5.74) is 6.03. The van der Waals surface area contributed by atoms with Crippen LogP contribution in [-0.2, 0) is 21.4 Å². The first-order valence-electron chi connectivity index (χ1n) is 7.65. The molecule has 2 aromatic rings. The fourth-order valence-electron chi connectivity index (χ4n) is 2.85. The van der Waals surface area contributed by atoms with Gasteiger partial charge in [0.05, 0.1) is 23.8 Å². The Morgan fingerprint density at radius 1 is 1.19 bits per heavy atom. The van der Waals surface area contributed by atoms with Crippen LogP contribution in [0.5, 0.6) is 0 Å². The number of carbonyl (C=O) groups excluding carboxylic acids is 1. The first kappa shape index (κ1) is 17.8. The van der Waals surface area contributed by atoms with Crippen molar-refractivity contribution in [1.29, 1.82) is 0 Å². The van der Waals surface area contributed by atoms with E-state index in [0.717, 1.165) is 4.31 Å². The van der Waals surface area contributed by atoms with E-state index in [1.165, 1.54) is 24.3 Å². The Morgan fingerprint density at radius 3 is 2.62 bits per heavy atom. The van der Waals surface area contributed by atoms with Gasteiger partial charge in [-0.2, -0.15) is 4.31 Å². The van der Waals surface area contributed by atoms with Crippen LogP contribution in [0.25, 0.3) is 0 Å². The van der Waals surface area contributed by atoms with Crippen molar-refractivity contribution in [2.24, 2.45) is 5.73 Å². The van der Waals surface area contributed by atoms with Crippen LogP contribution in [0.4, 0.5) is 11.4 Å². The van der Waals surface area contributed by atoms with Gasteiger partial charge < -0.3 is 10.6 Å². The van der Waals surface area contributed by atoms with Crippen molar-refractivity contribution >= 4 is 27.3 Å². The average molecular weight is 376 g/mol. The number of sulfonamides is 1. The molecule has 2 N–H and O–H groups in total. The number of hydrogen-bond acceptors (Lipinski definition) is 6. The fourth-order valence-corrected chi connectivity index (χ4v) is 4.45. The molecule has 0 unspecified atom stereocenters. The van der Waals surface area contributed by atoms with Gasteiger partial charge in [-0.05, 0) is 17.7 Å². The molecule has 0 bridgehead atoms. The number of benzene rings is 2. The second-order valence-corrected chi connectivity index (χ2v) is 7.72. The Bertz CT molecular complexity index is 976. The number of nitrogens with zero attached hydrogens (tertiary/aromatic N) is 3. The second kappa shape index (κ2) is 6.73. The highest BCUT2D eigenvalue weighted by molar-refractivity contribution is 7.89. The van der Waals surface area contributed by atoms with E-state index in [-0.39, 0.29) is 30.3 Å². The predicted octanol–water partition coefficient (Wildman–Crippen LogP) is 1.05. The summed E-state index contributed by atoms with van der Waals surface area (Å²) in [6, 6.07) is 12.1. The van der Waals surface area contributed by atoms with Gasteiger partial charge in [0, 0.05) is 18.7 Å². The molecule has 0 radical (unpaired) electrons. The molecule has 9 nitrogen and oxygen atoms in total. The van der Waals surface area contributed by atoms with E-state index in [9.17, 15) is 23.3 Å². The van der Waals surface area contributed by atoms with Crippen molar-refractivity contribution in [1.82, 2.24) is 4.31 Å². The number of hydrogen-bond donors (Lipinski definition) is 1.